The predicted octanol–water partition coefficient (Wildman–Crippen LogP) is 0.914. The molecule has 0 atom stereocenters. The van der Waals surface area contributed by atoms with Crippen LogP contribution in [-0.2, 0) is 0 Å². The molecule has 2 rings (SSSR count). The fourth-order valence-corrected chi connectivity index (χ4v) is 2.27. The Labute approximate surface area is 107 Å². The summed E-state index contributed by atoms with van der Waals surface area (Å²) >= 11 is 0. The number of nitrogens with one attached hydrogen (secondary N) is 1. The number of pyridine rings is 1. The van der Waals surface area contributed by atoms with E-state index < -0.39 is 0 Å². The third-order valence-electron chi connectivity index (χ3n) is 3.41. The largest absolute Gasteiger partial charge is 0.494 e. The average molecular weight is 249 g/mol. The second-order valence-corrected chi connectivity index (χ2v) is 4.47. The van der Waals surface area contributed by atoms with E-state index in [0.29, 0.717) is 17.4 Å². The first-order chi connectivity index (χ1) is 8.74. The molecule has 1 aromatic heterocycles. The quantitative estimate of drug-likeness (QED) is 0.865. The molecule has 1 saturated heterocycles. The van der Waals surface area contributed by atoms with Gasteiger partial charge in [-0.3, -0.25) is 9.78 Å². The number of aromatic nitrogens is 1. The summed E-state index contributed by atoms with van der Waals surface area (Å²) in [7, 11) is 3.41. The van der Waals surface area contributed by atoms with Crippen molar-refractivity contribution in [3.05, 3.63) is 24.0 Å². The van der Waals surface area contributed by atoms with Crippen LogP contribution in [0.15, 0.2) is 18.5 Å². The lowest BCUT2D eigenvalue weighted by Gasteiger charge is -2.31. The van der Waals surface area contributed by atoms with E-state index in [9.17, 15) is 4.79 Å². The number of piperidine rings is 1. The minimum atomic E-state index is 0.00106. The molecule has 1 amide bonds. The molecule has 0 spiro atoms. The van der Waals surface area contributed by atoms with Gasteiger partial charge in [-0.1, -0.05) is 0 Å². The van der Waals surface area contributed by atoms with Gasteiger partial charge in [0.15, 0.2) is 0 Å². The first-order valence-electron chi connectivity index (χ1n) is 6.20. The number of carbonyl (C=O) groups excluding carboxylic acids is 1. The summed E-state index contributed by atoms with van der Waals surface area (Å²) in [6.07, 6.45) is 5.18. The molecule has 5 nitrogen and oxygen atoms in total. The van der Waals surface area contributed by atoms with Crippen LogP contribution in [0.2, 0.25) is 0 Å². The standard InChI is InChI=1S/C13H19N3O2/c1-16(10-3-6-14-7-4-10)13(17)11-5-8-15-9-12(11)18-2/h5,8-10,14H,3-4,6-7H2,1-2H3. The number of nitrogens with zero attached hydrogens (tertiary/aromatic N) is 2. The molecule has 98 valence electrons. The van der Waals surface area contributed by atoms with Gasteiger partial charge >= 0.3 is 0 Å². The van der Waals surface area contributed by atoms with E-state index in [-0.39, 0.29) is 5.91 Å². The highest BCUT2D eigenvalue weighted by Crippen LogP contribution is 2.20. The highest BCUT2D eigenvalue weighted by Gasteiger charge is 2.24. The molecule has 1 N–H and O–H groups in total. The number of ether oxygens (including phenoxy) is 1. The number of carbonyl (C=O) groups is 1. The van der Waals surface area contributed by atoms with Gasteiger partial charge in [-0.2, -0.15) is 0 Å². The Bertz CT molecular complexity index is 416. The lowest BCUT2D eigenvalue weighted by molar-refractivity contribution is 0.0699. The van der Waals surface area contributed by atoms with Crippen LogP contribution >= 0.6 is 0 Å². The Balaban J connectivity index is 2.14. The zero-order valence-corrected chi connectivity index (χ0v) is 10.8. The van der Waals surface area contributed by atoms with Gasteiger partial charge in [0.05, 0.1) is 18.9 Å². The Morgan fingerprint density at radius 2 is 2.22 bits per heavy atom. The summed E-state index contributed by atoms with van der Waals surface area (Å²) in [5, 5.41) is 3.30. The Morgan fingerprint density at radius 3 is 2.89 bits per heavy atom. The van der Waals surface area contributed by atoms with E-state index in [2.05, 4.69) is 10.3 Å². The molecular weight excluding hydrogens is 230 g/mol. The summed E-state index contributed by atoms with van der Waals surface area (Å²) in [4.78, 5) is 18.2. The molecule has 0 radical (unpaired) electrons. The van der Waals surface area contributed by atoms with E-state index in [1.165, 1.54) is 0 Å². The summed E-state index contributed by atoms with van der Waals surface area (Å²) in [5.74, 6) is 0.532. The van der Waals surface area contributed by atoms with E-state index in [1.54, 1.807) is 25.6 Å². The number of rotatable bonds is 3. The van der Waals surface area contributed by atoms with Crippen LogP contribution in [0.3, 0.4) is 0 Å². The van der Waals surface area contributed by atoms with Crippen LogP contribution in [-0.4, -0.2) is 49.1 Å². The molecule has 0 aliphatic carbocycles. The Morgan fingerprint density at radius 1 is 1.50 bits per heavy atom. The lowest BCUT2D eigenvalue weighted by Crippen LogP contribution is -2.44. The van der Waals surface area contributed by atoms with Crippen LogP contribution in [0.5, 0.6) is 5.75 Å². The maximum absolute atomic E-state index is 12.4. The van der Waals surface area contributed by atoms with Gasteiger partial charge in [-0.15, -0.1) is 0 Å². The van der Waals surface area contributed by atoms with Gasteiger partial charge in [0.25, 0.3) is 5.91 Å². The highest BCUT2D eigenvalue weighted by molar-refractivity contribution is 5.96. The maximum Gasteiger partial charge on any atom is 0.257 e. The van der Waals surface area contributed by atoms with Crippen molar-refractivity contribution in [1.29, 1.82) is 0 Å². The van der Waals surface area contributed by atoms with Crippen molar-refractivity contribution < 1.29 is 9.53 Å². The van der Waals surface area contributed by atoms with Crippen LogP contribution in [0.4, 0.5) is 0 Å². The van der Waals surface area contributed by atoms with Crippen LogP contribution in [0, 0.1) is 0 Å². The van der Waals surface area contributed by atoms with Crippen LogP contribution in [0.25, 0.3) is 0 Å². The monoisotopic (exact) mass is 249 g/mol. The van der Waals surface area contributed by atoms with Crippen molar-refractivity contribution in [3.63, 3.8) is 0 Å². The van der Waals surface area contributed by atoms with Crippen molar-refractivity contribution in [2.45, 2.75) is 18.9 Å². The van der Waals surface area contributed by atoms with Crippen molar-refractivity contribution in [2.75, 3.05) is 27.2 Å². The van der Waals surface area contributed by atoms with Gasteiger partial charge in [0.2, 0.25) is 0 Å². The maximum atomic E-state index is 12.4. The fraction of sp³-hybridized carbons (Fsp3) is 0.538. The summed E-state index contributed by atoms with van der Waals surface area (Å²) < 4.78 is 5.18. The molecule has 0 bridgehead atoms. The minimum Gasteiger partial charge on any atom is -0.494 e. The zero-order chi connectivity index (χ0) is 13.0. The zero-order valence-electron chi connectivity index (χ0n) is 10.8. The molecule has 0 aromatic carbocycles. The first-order valence-corrected chi connectivity index (χ1v) is 6.20. The molecular formula is C13H19N3O2. The summed E-state index contributed by atoms with van der Waals surface area (Å²) in [5.41, 5.74) is 0.577. The molecule has 18 heavy (non-hydrogen) atoms. The van der Waals surface area contributed by atoms with Gasteiger partial charge in [-0.25, -0.2) is 0 Å². The second kappa shape index (κ2) is 5.82. The first kappa shape index (κ1) is 12.8. The van der Waals surface area contributed by atoms with Gasteiger partial charge in [0.1, 0.15) is 5.75 Å². The Hall–Kier alpha value is -1.62. The van der Waals surface area contributed by atoms with Crippen molar-refractivity contribution >= 4 is 5.91 Å². The number of hydrogen-bond acceptors (Lipinski definition) is 4. The second-order valence-electron chi connectivity index (χ2n) is 4.47. The summed E-state index contributed by atoms with van der Waals surface area (Å²) in [6.45, 7) is 1.94. The molecule has 1 aromatic rings. The normalized spacial score (nSPS) is 16.3. The number of methoxy groups -OCH3 is 1. The van der Waals surface area contributed by atoms with Crippen LogP contribution < -0.4 is 10.1 Å². The number of amides is 1. The van der Waals surface area contributed by atoms with Crippen molar-refractivity contribution in [3.8, 4) is 5.75 Å². The van der Waals surface area contributed by atoms with E-state index in [0.717, 1.165) is 25.9 Å². The average Bonchev–Trinajstić information content (AvgIpc) is 2.46. The molecule has 1 aliphatic heterocycles. The number of hydrogen-bond donors (Lipinski definition) is 1. The van der Waals surface area contributed by atoms with Gasteiger partial charge < -0.3 is 15.0 Å². The third-order valence-corrected chi connectivity index (χ3v) is 3.41. The summed E-state index contributed by atoms with van der Waals surface area (Å²) in [6, 6.07) is 2.01. The predicted molar refractivity (Wildman–Crippen MR) is 68.8 cm³/mol. The molecule has 2 heterocycles. The highest BCUT2D eigenvalue weighted by atomic mass is 16.5. The topological polar surface area (TPSA) is 54.5 Å². The van der Waals surface area contributed by atoms with E-state index in [4.69, 9.17) is 4.74 Å². The SMILES string of the molecule is COc1cnccc1C(=O)N(C)C1CCNCC1. The third kappa shape index (κ3) is 2.61. The van der Waals surface area contributed by atoms with Gasteiger partial charge in [0, 0.05) is 19.3 Å². The van der Waals surface area contributed by atoms with Gasteiger partial charge in [-0.05, 0) is 32.0 Å². The smallest absolute Gasteiger partial charge is 0.257 e. The molecule has 1 fully saturated rings. The minimum absolute atomic E-state index is 0.00106. The lowest BCUT2D eigenvalue weighted by atomic mass is 10.0. The van der Waals surface area contributed by atoms with Crippen molar-refractivity contribution in [2.24, 2.45) is 0 Å². The Kier molecular flexibility index (Phi) is 4.15. The fourth-order valence-electron chi connectivity index (χ4n) is 2.27. The molecule has 0 unspecified atom stereocenters. The van der Waals surface area contributed by atoms with Crippen molar-refractivity contribution in [1.82, 2.24) is 15.2 Å². The molecule has 5 heteroatoms. The van der Waals surface area contributed by atoms with E-state index in [1.807, 2.05) is 11.9 Å². The molecule has 0 saturated carbocycles. The molecule has 1 aliphatic rings. The van der Waals surface area contributed by atoms with Crippen LogP contribution in [0.1, 0.15) is 23.2 Å². The van der Waals surface area contributed by atoms with E-state index >= 15 is 0 Å².